The van der Waals surface area contributed by atoms with E-state index in [0.29, 0.717) is 28.2 Å². The first-order valence-electron chi connectivity index (χ1n) is 8.51. The second-order valence-electron chi connectivity index (χ2n) is 6.17. The highest BCUT2D eigenvalue weighted by atomic mass is 35.5. The van der Waals surface area contributed by atoms with Gasteiger partial charge in [-0.25, -0.2) is 9.97 Å². The quantitative estimate of drug-likeness (QED) is 0.705. The van der Waals surface area contributed by atoms with E-state index in [2.05, 4.69) is 15.0 Å². The summed E-state index contributed by atoms with van der Waals surface area (Å²) < 4.78 is 13.0. The minimum absolute atomic E-state index is 0.0965. The van der Waals surface area contributed by atoms with E-state index < -0.39 is 0 Å². The zero-order valence-electron chi connectivity index (χ0n) is 14.4. The topological polar surface area (TPSA) is 82.3 Å². The summed E-state index contributed by atoms with van der Waals surface area (Å²) in [5, 5.41) is 9.90. The van der Waals surface area contributed by atoms with Crippen molar-refractivity contribution >= 4 is 22.8 Å². The lowest BCUT2D eigenvalue weighted by Crippen LogP contribution is -2.17. The Morgan fingerprint density at radius 3 is 2.96 bits per heavy atom. The van der Waals surface area contributed by atoms with Crippen LogP contribution in [0.5, 0.6) is 5.75 Å². The second kappa shape index (κ2) is 7.19. The summed E-state index contributed by atoms with van der Waals surface area (Å²) in [6.45, 7) is 0.575. The van der Waals surface area contributed by atoms with Crippen LogP contribution in [0, 0.1) is 0 Å². The number of halogens is 1. The van der Waals surface area contributed by atoms with Crippen molar-refractivity contribution in [3.05, 3.63) is 35.4 Å². The molecule has 1 aliphatic heterocycles. The summed E-state index contributed by atoms with van der Waals surface area (Å²) in [5.41, 5.74) is 3.28. The molecule has 0 spiro atoms. The third kappa shape index (κ3) is 3.02. The van der Waals surface area contributed by atoms with Crippen molar-refractivity contribution in [3.63, 3.8) is 0 Å². The highest BCUT2D eigenvalue weighted by Gasteiger charge is 2.22. The van der Waals surface area contributed by atoms with E-state index in [9.17, 15) is 5.11 Å². The number of fused-ring (bicyclic) bond motifs is 1. The monoisotopic (exact) mass is 374 g/mol. The molecule has 1 aliphatic rings. The van der Waals surface area contributed by atoms with Gasteiger partial charge in [0.05, 0.1) is 20.0 Å². The number of hydrogen-bond donors (Lipinski definition) is 1. The van der Waals surface area contributed by atoms with Gasteiger partial charge >= 0.3 is 0 Å². The number of ether oxygens (including phenoxy) is 2. The van der Waals surface area contributed by atoms with Gasteiger partial charge in [0.1, 0.15) is 23.2 Å². The van der Waals surface area contributed by atoms with Gasteiger partial charge < -0.3 is 14.6 Å². The molecule has 3 aromatic rings. The predicted molar refractivity (Wildman–Crippen MR) is 97.1 cm³/mol. The van der Waals surface area contributed by atoms with Crippen LogP contribution in [0.25, 0.3) is 22.4 Å². The van der Waals surface area contributed by atoms with Crippen molar-refractivity contribution in [1.82, 2.24) is 19.5 Å². The van der Waals surface area contributed by atoms with Gasteiger partial charge in [0.2, 0.25) is 5.28 Å². The number of imidazole rings is 1. The number of nitrogens with zero attached hydrogens (tertiary/aromatic N) is 4. The van der Waals surface area contributed by atoms with Gasteiger partial charge in [0, 0.05) is 12.2 Å². The van der Waals surface area contributed by atoms with Crippen LogP contribution in [0.1, 0.15) is 31.1 Å². The van der Waals surface area contributed by atoms with Crippen molar-refractivity contribution < 1.29 is 14.6 Å². The maximum atomic E-state index is 9.77. The molecule has 4 rings (SSSR count). The third-order valence-corrected chi connectivity index (χ3v) is 4.77. The number of aliphatic hydroxyl groups excluding tert-OH is 1. The molecule has 1 saturated heterocycles. The first-order chi connectivity index (χ1) is 12.7. The van der Waals surface area contributed by atoms with Crippen molar-refractivity contribution in [2.45, 2.75) is 32.1 Å². The fourth-order valence-corrected chi connectivity index (χ4v) is 3.46. The highest BCUT2D eigenvalue weighted by Crippen LogP contribution is 2.33. The van der Waals surface area contributed by atoms with Crippen molar-refractivity contribution in [1.29, 1.82) is 0 Å². The van der Waals surface area contributed by atoms with Crippen LogP contribution in [0.4, 0.5) is 0 Å². The maximum Gasteiger partial charge on any atom is 0.225 e. The molecule has 1 fully saturated rings. The lowest BCUT2D eigenvalue weighted by molar-refractivity contribution is -0.0298. The number of aliphatic hydroxyl groups is 1. The van der Waals surface area contributed by atoms with E-state index in [1.165, 1.54) is 0 Å². The smallest absolute Gasteiger partial charge is 0.225 e. The zero-order chi connectivity index (χ0) is 18.1. The second-order valence-corrected chi connectivity index (χ2v) is 6.51. The fourth-order valence-electron chi connectivity index (χ4n) is 3.29. The lowest BCUT2D eigenvalue weighted by atomic mass is 10.0. The van der Waals surface area contributed by atoms with Crippen LogP contribution in [0.15, 0.2) is 24.5 Å². The standard InChI is InChI=1S/C18H19ClN4O3/c1-25-12-5-6-13(11(8-12)9-24)15-16-17(22-18(19)21-15)23(10-20-16)14-4-2-3-7-26-14/h5-6,8,10,14,24H,2-4,7,9H2,1H3. The van der Waals surface area contributed by atoms with Crippen LogP contribution in [-0.4, -0.2) is 38.3 Å². The minimum atomic E-state index is -0.151. The van der Waals surface area contributed by atoms with Gasteiger partial charge in [0.25, 0.3) is 0 Å². The number of aromatic nitrogens is 4. The molecule has 2 aromatic heterocycles. The molecule has 1 unspecified atom stereocenters. The molecule has 1 N–H and O–H groups in total. The number of benzene rings is 1. The third-order valence-electron chi connectivity index (χ3n) is 4.60. The van der Waals surface area contributed by atoms with E-state index in [1.807, 2.05) is 16.7 Å². The number of methoxy groups -OCH3 is 1. The molecule has 0 bridgehead atoms. The minimum Gasteiger partial charge on any atom is -0.497 e. The summed E-state index contributed by atoms with van der Waals surface area (Å²) in [5.74, 6) is 0.662. The van der Waals surface area contributed by atoms with E-state index in [-0.39, 0.29) is 18.1 Å². The van der Waals surface area contributed by atoms with Crippen LogP contribution in [0.2, 0.25) is 5.28 Å². The van der Waals surface area contributed by atoms with Gasteiger partial charge in [-0.2, -0.15) is 4.98 Å². The molecular formula is C18H19ClN4O3. The van der Waals surface area contributed by atoms with E-state index >= 15 is 0 Å². The van der Waals surface area contributed by atoms with Crippen LogP contribution in [-0.2, 0) is 11.3 Å². The average Bonchev–Trinajstić information content (AvgIpc) is 3.11. The van der Waals surface area contributed by atoms with Crippen LogP contribution in [0.3, 0.4) is 0 Å². The highest BCUT2D eigenvalue weighted by molar-refractivity contribution is 6.28. The van der Waals surface area contributed by atoms with E-state index in [0.717, 1.165) is 31.4 Å². The molecule has 0 radical (unpaired) electrons. The summed E-state index contributed by atoms with van der Waals surface area (Å²) in [7, 11) is 1.59. The Hall–Kier alpha value is -2.22. The van der Waals surface area contributed by atoms with E-state index in [1.54, 1.807) is 19.5 Å². The molecule has 8 heteroatoms. The first-order valence-corrected chi connectivity index (χ1v) is 8.89. The Morgan fingerprint density at radius 1 is 1.35 bits per heavy atom. The molecule has 0 amide bonds. The molecule has 1 aromatic carbocycles. The Balaban J connectivity index is 1.87. The zero-order valence-corrected chi connectivity index (χ0v) is 15.1. The molecule has 136 valence electrons. The Kier molecular flexibility index (Phi) is 4.76. The summed E-state index contributed by atoms with van der Waals surface area (Å²) in [4.78, 5) is 13.3. The number of rotatable bonds is 4. The Labute approximate surface area is 155 Å². The van der Waals surface area contributed by atoms with Gasteiger partial charge in [-0.05, 0) is 54.6 Å². The molecule has 26 heavy (non-hydrogen) atoms. The van der Waals surface area contributed by atoms with Gasteiger partial charge in [-0.3, -0.25) is 4.57 Å². The predicted octanol–water partition coefficient (Wildman–Crippen LogP) is 3.35. The van der Waals surface area contributed by atoms with Gasteiger partial charge in [0.15, 0.2) is 5.65 Å². The average molecular weight is 375 g/mol. The fraction of sp³-hybridized carbons (Fsp3) is 0.389. The maximum absolute atomic E-state index is 9.77. The van der Waals surface area contributed by atoms with Gasteiger partial charge in [-0.15, -0.1) is 0 Å². The molecule has 0 saturated carbocycles. The summed E-state index contributed by atoms with van der Waals surface area (Å²) in [6.07, 6.45) is 4.70. The Bertz CT molecular complexity index is 938. The molecule has 3 heterocycles. The van der Waals surface area contributed by atoms with Crippen LogP contribution < -0.4 is 4.74 Å². The van der Waals surface area contributed by atoms with Crippen molar-refractivity contribution in [2.75, 3.05) is 13.7 Å². The summed E-state index contributed by atoms with van der Waals surface area (Å²) >= 11 is 6.20. The number of hydrogen-bond acceptors (Lipinski definition) is 6. The molecule has 1 atom stereocenters. The Morgan fingerprint density at radius 2 is 2.23 bits per heavy atom. The SMILES string of the molecule is COc1ccc(-c2nc(Cl)nc3c2ncn3C2CCCCO2)c(CO)c1. The lowest BCUT2D eigenvalue weighted by Gasteiger charge is -2.23. The van der Waals surface area contributed by atoms with E-state index in [4.69, 9.17) is 21.1 Å². The van der Waals surface area contributed by atoms with Crippen molar-refractivity contribution in [2.24, 2.45) is 0 Å². The normalized spacial score (nSPS) is 17.6. The summed E-state index contributed by atoms with van der Waals surface area (Å²) in [6, 6.07) is 5.44. The molecular weight excluding hydrogens is 356 g/mol. The largest absolute Gasteiger partial charge is 0.497 e. The van der Waals surface area contributed by atoms with Gasteiger partial charge in [-0.1, -0.05) is 0 Å². The van der Waals surface area contributed by atoms with Crippen LogP contribution >= 0.6 is 11.6 Å². The molecule has 7 nitrogen and oxygen atoms in total. The van der Waals surface area contributed by atoms with Crippen molar-refractivity contribution in [3.8, 4) is 17.0 Å². The molecule has 0 aliphatic carbocycles. The first kappa shape index (κ1) is 17.2.